The van der Waals surface area contributed by atoms with E-state index in [1.807, 2.05) is 30.3 Å². The molecule has 2 aromatic rings. The molecule has 0 radical (unpaired) electrons. The summed E-state index contributed by atoms with van der Waals surface area (Å²) >= 11 is 0. The summed E-state index contributed by atoms with van der Waals surface area (Å²) in [5.41, 5.74) is 1.36. The van der Waals surface area contributed by atoms with Gasteiger partial charge < -0.3 is 10.2 Å². The first-order valence-corrected chi connectivity index (χ1v) is 7.69. The second kappa shape index (κ2) is 6.68. The molecule has 110 valence electrons. The molecule has 1 aliphatic rings. The van der Waals surface area contributed by atoms with Crippen molar-refractivity contribution >= 4 is 16.8 Å². The lowest BCUT2D eigenvalue weighted by atomic mass is 10.2. The highest BCUT2D eigenvalue weighted by Gasteiger charge is 2.11. The summed E-state index contributed by atoms with van der Waals surface area (Å²) in [6.45, 7) is 4.20. The third-order valence-corrected chi connectivity index (χ3v) is 3.97. The van der Waals surface area contributed by atoms with Crippen LogP contribution in [-0.2, 0) is 0 Å². The Kier molecular flexibility index (Phi) is 4.46. The van der Waals surface area contributed by atoms with Crippen molar-refractivity contribution in [3.05, 3.63) is 42.1 Å². The number of nitrogens with one attached hydrogen (secondary N) is 1. The standard InChI is InChI=1S/C17H21N3O/c21-17(18-10-5-13-20-11-3-4-12-20)16-9-8-14-6-1-2-7-15(14)19-16/h1-2,6-9H,3-5,10-13H2,(H,18,21). The van der Waals surface area contributed by atoms with Crippen molar-refractivity contribution in [3.8, 4) is 0 Å². The molecule has 0 saturated carbocycles. The predicted molar refractivity (Wildman–Crippen MR) is 84.4 cm³/mol. The van der Waals surface area contributed by atoms with Crippen LogP contribution >= 0.6 is 0 Å². The van der Waals surface area contributed by atoms with E-state index in [9.17, 15) is 4.79 Å². The molecule has 4 heteroatoms. The van der Waals surface area contributed by atoms with Crippen molar-refractivity contribution in [2.75, 3.05) is 26.2 Å². The van der Waals surface area contributed by atoms with E-state index in [0.717, 1.165) is 23.9 Å². The summed E-state index contributed by atoms with van der Waals surface area (Å²) in [4.78, 5) is 19.0. The number of para-hydroxylation sites is 1. The molecule has 1 aliphatic heterocycles. The lowest BCUT2D eigenvalue weighted by molar-refractivity contribution is 0.0947. The maximum absolute atomic E-state index is 12.1. The second-order valence-corrected chi connectivity index (χ2v) is 5.55. The fraction of sp³-hybridized carbons (Fsp3) is 0.412. The molecule has 0 unspecified atom stereocenters. The average Bonchev–Trinajstić information content (AvgIpc) is 3.04. The molecule has 0 bridgehead atoms. The third-order valence-electron chi connectivity index (χ3n) is 3.97. The minimum absolute atomic E-state index is 0.0813. The van der Waals surface area contributed by atoms with E-state index < -0.39 is 0 Å². The molecule has 1 N–H and O–H groups in total. The number of carbonyl (C=O) groups excluding carboxylic acids is 1. The zero-order chi connectivity index (χ0) is 14.5. The number of likely N-dealkylation sites (tertiary alicyclic amines) is 1. The monoisotopic (exact) mass is 283 g/mol. The lowest BCUT2D eigenvalue weighted by Gasteiger charge is -2.14. The molecule has 0 aliphatic carbocycles. The molecule has 1 amide bonds. The number of fused-ring (bicyclic) bond motifs is 1. The van der Waals surface area contributed by atoms with Crippen molar-refractivity contribution in [3.63, 3.8) is 0 Å². The first-order chi connectivity index (χ1) is 10.3. The molecule has 2 heterocycles. The summed E-state index contributed by atoms with van der Waals surface area (Å²) in [5.74, 6) is -0.0813. The van der Waals surface area contributed by atoms with E-state index in [-0.39, 0.29) is 5.91 Å². The van der Waals surface area contributed by atoms with Gasteiger partial charge in [0, 0.05) is 11.9 Å². The first kappa shape index (κ1) is 14.0. The van der Waals surface area contributed by atoms with Crippen LogP contribution < -0.4 is 5.32 Å². The van der Waals surface area contributed by atoms with Crippen LogP contribution in [0.25, 0.3) is 10.9 Å². The van der Waals surface area contributed by atoms with Crippen LogP contribution in [0, 0.1) is 0 Å². The van der Waals surface area contributed by atoms with E-state index in [0.29, 0.717) is 12.2 Å². The molecule has 1 saturated heterocycles. The number of aromatic nitrogens is 1. The second-order valence-electron chi connectivity index (χ2n) is 5.55. The Bertz CT molecular complexity index is 620. The summed E-state index contributed by atoms with van der Waals surface area (Å²) < 4.78 is 0. The molecule has 3 rings (SSSR count). The van der Waals surface area contributed by atoms with Gasteiger partial charge in [-0.3, -0.25) is 4.79 Å². The molecular weight excluding hydrogens is 262 g/mol. The molecule has 0 spiro atoms. The van der Waals surface area contributed by atoms with E-state index in [1.54, 1.807) is 6.07 Å². The van der Waals surface area contributed by atoms with Gasteiger partial charge in [0.05, 0.1) is 5.52 Å². The molecule has 21 heavy (non-hydrogen) atoms. The highest BCUT2D eigenvalue weighted by atomic mass is 16.1. The smallest absolute Gasteiger partial charge is 0.269 e. The average molecular weight is 283 g/mol. The topological polar surface area (TPSA) is 45.2 Å². The maximum atomic E-state index is 12.1. The van der Waals surface area contributed by atoms with Gasteiger partial charge in [0.1, 0.15) is 5.69 Å². The summed E-state index contributed by atoms with van der Waals surface area (Å²) in [5, 5.41) is 4.02. The van der Waals surface area contributed by atoms with Gasteiger partial charge in [-0.1, -0.05) is 24.3 Å². The molecular formula is C17H21N3O. The van der Waals surface area contributed by atoms with Gasteiger partial charge in [-0.05, 0) is 51.0 Å². The van der Waals surface area contributed by atoms with Crippen LogP contribution in [0.1, 0.15) is 29.8 Å². The number of hydrogen-bond donors (Lipinski definition) is 1. The van der Waals surface area contributed by atoms with Crippen molar-refractivity contribution in [2.45, 2.75) is 19.3 Å². The SMILES string of the molecule is O=C(NCCCN1CCCC1)c1ccc2ccccc2n1. The number of amides is 1. The molecule has 0 atom stereocenters. The van der Waals surface area contributed by atoms with Crippen LogP contribution in [0.15, 0.2) is 36.4 Å². The van der Waals surface area contributed by atoms with Crippen LogP contribution in [-0.4, -0.2) is 42.0 Å². The Hall–Kier alpha value is -1.94. The highest BCUT2D eigenvalue weighted by molar-refractivity contribution is 5.94. The predicted octanol–water partition coefficient (Wildman–Crippen LogP) is 2.45. The molecule has 4 nitrogen and oxygen atoms in total. The van der Waals surface area contributed by atoms with Crippen molar-refractivity contribution in [1.82, 2.24) is 15.2 Å². The van der Waals surface area contributed by atoms with Crippen molar-refractivity contribution in [1.29, 1.82) is 0 Å². The van der Waals surface area contributed by atoms with Crippen LogP contribution in [0.2, 0.25) is 0 Å². The van der Waals surface area contributed by atoms with Crippen LogP contribution in [0.5, 0.6) is 0 Å². The van der Waals surface area contributed by atoms with Gasteiger partial charge >= 0.3 is 0 Å². The van der Waals surface area contributed by atoms with Gasteiger partial charge in [-0.15, -0.1) is 0 Å². The Balaban J connectivity index is 1.51. The molecule has 1 aromatic heterocycles. The van der Waals surface area contributed by atoms with Gasteiger partial charge in [0.2, 0.25) is 0 Å². The van der Waals surface area contributed by atoms with Crippen molar-refractivity contribution < 1.29 is 4.79 Å². The first-order valence-electron chi connectivity index (χ1n) is 7.69. The van der Waals surface area contributed by atoms with Gasteiger partial charge in [-0.2, -0.15) is 0 Å². The Morgan fingerprint density at radius 1 is 1.14 bits per heavy atom. The highest BCUT2D eigenvalue weighted by Crippen LogP contribution is 2.11. The summed E-state index contributed by atoms with van der Waals surface area (Å²) in [6.07, 6.45) is 3.63. The lowest BCUT2D eigenvalue weighted by Crippen LogP contribution is -2.29. The number of benzene rings is 1. The van der Waals surface area contributed by atoms with Gasteiger partial charge in [-0.25, -0.2) is 4.98 Å². The van der Waals surface area contributed by atoms with Gasteiger partial charge in [0.15, 0.2) is 0 Å². The van der Waals surface area contributed by atoms with E-state index in [1.165, 1.54) is 25.9 Å². The number of hydrogen-bond acceptors (Lipinski definition) is 3. The Morgan fingerprint density at radius 3 is 2.81 bits per heavy atom. The normalized spacial score (nSPS) is 15.4. The minimum atomic E-state index is -0.0813. The molecule has 1 fully saturated rings. The van der Waals surface area contributed by atoms with Gasteiger partial charge in [0.25, 0.3) is 5.91 Å². The number of pyridine rings is 1. The van der Waals surface area contributed by atoms with E-state index in [2.05, 4.69) is 15.2 Å². The van der Waals surface area contributed by atoms with E-state index in [4.69, 9.17) is 0 Å². The largest absolute Gasteiger partial charge is 0.351 e. The van der Waals surface area contributed by atoms with Crippen molar-refractivity contribution in [2.24, 2.45) is 0 Å². The van der Waals surface area contributed by atoms with Crippen LogP contribution in [0.3, 0.4) is 0 Å². The molecule has 1 aromatic carbocycles. The quantitative estimate of drug-likeness (QED) is 0.857. The zero-order valence-corrected chi connectivity index (χ0v) is 12.2. The number of carbonyl (C=O) groups is 1. The Labute approximate surface area is 125 Å². The number of nitrogens with zero attached hydrogens (tertiary/aromatic N) is 2. The summed E-state index contributed by atoms with van der Waals surface area (Å²) in [7, 11) is 0. The maximum Gasteiger partial charge on any atom is 0.269 e. The van der Waals surface area contributed by atoms with Crippen LogP contribution in [0.4, 0.5) is 0 Å². The fourth-order valence-electron chi connectivity index (χ4n) is 2.79. The number of rotatable bonds is 5. The minimum Gasteiger partial charge on any atom is -0.351 e. The van der Waals surface area contributed by atoms with E-state index >= 15 is 0 Å². The fourth-order valence-corrected chi connectivity index (χ4v) is 2.79. The third kappa shape index (κ3) is 3.58. The zero-order valence-electron chi connectivity index (χ0n) is 12.2. The summed E-state index contributed by atoms with van der Waals surface area (Å²) in [6, 6.07) is 11.6. The Morgan fingerprint density at radius 2 is 1.95 bits per heavy atom.